The zero-order chi connectivity index (χ0) is 19.1. The SMILES string of the molecule is CC(COc1ccccc1)C(=O)N1CCCC(CNC(=O)C2CCCN2)C1.Cl. The first-order chi connectivity index (χ1) is 13.1. The average molecular weight is 410 g/mol. The monoisotopic (exact) mass is 409 g/mol. The van der Waals surface area contributed by atoms with Crippen molar-refractivity contribution >= 4 is 24.2 Å². The second-order valence-electron chi connectivity index (χ2n) is 7.71. The Morgan fingerprint density at radius 2 is 2.04 bits per heavy atom. The van der Waals surface area contributed by atoms with E-state index in [0.29, 0.717) is 25.6 Å². The van der Waals surface area contributed by atoms with E-state index in [1.54, 1.807) is 0 Å². The largest absolute Gasteiger partial charge is 0.493 e. The molecular weight excluding hydrogens is 378 g/mol. The van der Waals surface area contributed by atoms with Crippen LogP contribution >= 0.6 is 12.4 Å². The van der Waals surface area contributed by atoms with Crippen molar-refractivity contribution in [3.63, 3.8) is 0 Å². The Morgan fingerprint density at radius 1 is 1.25 bits per heavy atom. The summed E-state index contributed by atoms with van der Waals surface area (Å²) < 4.78 is 5.73. The fourth-order valence-electron chi connectivity index (χ4n) is 3.83. The highest BCUT2D eigenvalue weighted by molar-refractivity contribution is 5.85. The molecule has 7 heteroatoms. The van der Waals surface area contributed by atoms with Crippen molar-refractivity contribution in [2.24, 2.45) is 11.8 Å². The van der Waals surface area contributed by atoms with Crippen LogP contribution in [-0.4, -0.2) is 55.5 Å². The number of nitrogens with zero attached hydrogens (tertiary/aromatic N) is 1. The summed E-state index contributed by atoms with van der Waals surface area (Å²) in [6.45, 7) is 5.38. The van der Waals surface area contributed by atoms with Gasteiger partial charge in [-0.2, -0.15) is 0 Å². The first kappa shape index (κ1) is 22.5. The summed E-state index contributed by atoms with van der Waals surface area (Å²) in [5.74, 6) is 1.17. The Bertz CT molecular complexity index is 623. The molecule has 6 nitrogen and oxygen atoms in total. The number of amides is 2. The van der Waals surface area contributed by atoms with Crippen LogP contribution in [0.15, 0.2) is 30.3 Å². The van der Waals surface area contributed by atoms with Crippen LogP contribution < -0.4 is 15.4 Å². The second kappa shape index (κ2) is 11.3. The third-order valence-corrected chi connectivity index (χ3v) is 5.44. The highest BCUT2D eigenvalue weighted by atomic mass is 35.5. The summed E-state index contributed by atoms with van der Waals surface area (Å²) in [6, 6.07) is 9.54. The molecule has 3 atom stereocenters. The van der Waals surface area contributed by atoms with E-state index in [0.717, 1.165) is 44.5 Å². The number of rotatable bonds is 7. The number of nitrogens with one attached hydrogen (secondary N) is 2. The second-order valence-corrected chi connectivity index (χ2v) is 7.71. The molecule has 1 aromatic carbocycles. The molecule has 0 aliphatic carbocycles. The molecule has 2 aliphatic heterocycles. The van der Waals surface area contributed by atoms with Gasteiger partial charge in [-0.25, -0.2) is 0 Å². The smallest absolute Gasteiger partial charge is 0.237 e. The summed E-state index contributed by atoms with van der Waals surface area (Å²) in [6.07, 6.45) is 4.02. The van der Waals surface area contributed by atoms with E-state index < -0.39 is 0 Å². The van der Waals surface area contributed by atoms with Gasteiger partial charge in [0.05, 0.1) is 18.6 Å². The third kappa shape index (κ3) is 6.38. The number of hydrogen-bond donors (Lipinski definition) is 2. The molecule has 0 aromatic heterocycles. The van der Waals surface area contributed by atoms with Gasteiger partial charge in [-0.05, 0) is 50.3 Å². The molecule has 0 bridgehead atoms. The number of likely N-dealkylation sites (tertiary alicyclic amines) is 1. The predicted octanol–water partition coefficient (Wildman–Crippen LogP) is 2.23. The third-order valence-electron chi connectivity index (χ3n) is 5.44. The van der Waals surface area contributed by atoms with E-state index in [2.05, 4.69) is 10.6 Å². The summed E-state index contributed by atoms with van der Waals surface area (Å²) in [7, 11) is 0. The minimum atomic E-state index is -0.179. The van der Waals surface area contributed by atoms with Gasteiger partial charge in [0, 0.05) is 19.6 Å². The lowest BCUT2D eigenvalue weighted by Crippen LogP contribution is -2.48. The molecular formula is C21H32ClN3O3. The molecule has 0 saturated carbocycles. The number of para-hydroxylation sites is 1. The maximum absolute atomic E-state index is 12.8. The topological polar surface area (TPSA) is 70.7 Å². The molecule has 0 radical (unpaired) electrons. The number of carbonyl (C=O) groups is 2. The molecule has 2 N–H and O–H groups in total. The van der Waals surface area contributed by atoms with Crippen molar-refractivity contribution < 1.29 is 14.3 Å². The maximum atomic E-state index is 12.8. The van der Waals surface area contributed by atoms with Crippen LogP contribution in [0.1, 0.15) is 32.6 Å². The van der Waals surface area contributed by atoms with Crippen molar-refractivity contribution in [1.29, 1.82) is 0 Å². The van der Waals surface area contributed by atoms with Gasteiger partial charge in [0.25, 0.3) is 0 Å². The lowest BCUT2D eigenvalue weighted by Gasteiger charge is -2.34. The molecule has 2 amide bonds. The van der Waals surface area contributed by atoms with Crippen LogP contribution in [0, 0.1) is 11.8 Å². The summed E-state index contributed by atoms with van der Waals surface area (Å²) in [4.78, 5) is 26.9. The fourth-order valence-corrected chi connectivity index (χ4v) is 3.83. The van der Waals surface area contributed by atoms with E-state index in [4.69, 9.17) is 4.74 Å². The average Bonchev–Trinajstić information content (AvgIpc) is 3.25. The van der Waals surface area contributed by atoms with Crippen molar-refractivity contribution in [1.82, 2.24) is 15.5 Å². The van der Waals surface area contributed by atoms with Gasteiger partial charge in [-0.3, -0.25) is 9.59 Å². The first-order valence-electron chi connectivity index (χ1n) is 10.1. The zero-order valence-electron chi connectivity index (χ0n) is 16.6. The Labute approximate surface area is 173 Å². The minimum absolute atomic E-state index is 0. The molecule has 2 saturated heterocycles. The van der Waals surface area contributed by atoms with Gasteiger partial charge in [0.15, 0.2) is 0 Å². The predicted molar refractivity (Wildman–Crippen MR) is 112 cm³/mol. The molecule has 2 heterocycles. The number of ether oxygens (including phenoxy) is 1. The van der Waals surface area contributed by atoms with Gasteiger partial charge in [-0.15, -0.1) is 12.4 Å². The highest BCUT2D eigenvalue weighted by Crippen LogP contribution is 2.19. The lowest BCUT2D eigenvalue weighted by molar-refractivity contribution is -0.137. The van der Waals surface area contributed by atoms with Crippen LogP contribution in [-0.2, 0) is 9.59 Å². The molecule has 2 aliphatic rings. The van der Waals surface area contributed by atoms with E-state index >= 15 is 0 Å². The van der Waals surface area contributed by atoms with Crippen LogP contribution in [0.25, 0.3) is 0 Å². The summed E-state index contributed by atoms with van der Waals surface area (Å²) in [5.41, 5.74) is 0. The van der Waals surface area contributed by atoms with Gasteiger partial charge in [0.1, 0.15) is 5.75 Å². The summed E-state index contributed by atoms with van der Waals surface area (Å²) >= 11 is 0. The highest BCUT2D eigenvalue weighted by Gasteiger charge is 2.28. The normalized spacial score (nSPS) is 22.8. The molecule has 3 rings (SSSR count). The van der Waals surface area contributed by atoms with Crippen molar-refractivity contribution in [2.45, 2.75) is 38.6 Å². The zero-order valence-corrected chi connectivity index (χ0v) is 17.4. The van der Waals surface area contributed by atoms with Gasteiger partial charge in [-0.1, -0.05) is 25.1 Å². The molecule has 2 fully saturated rings. The van der Waals surface area contributed by atoms with E-state index in [-0.39, 0.29) is 36.2 Å². The Hall–Kier alpha value is -1.79. The molecule has 156 valence electrons. The minimum Gasteiger partial charge on any atom is -0.493 e. The van der Waals surface area contributed by atoms with Gasteiger partial charge < -0.3 is 20.3 Å². The van der Waals surface area contributed by atoms with Crippen molar-refractivity contribution in [3.05, 3.63) is 30.3 Å². The van der Waals surface area contributed by atoms with E-state index in [9.17, 15) is 9.59 Å². The Morgan fingerprint density at radius 3 is 2.75 bits per heavy atom. The van der Waals surface area contributed by atoms with E-state index in [1.165, 1.54) is 0 Å². The van der Waals surface area contributed by atoms with Gasteiger partial charge >= 0.3 is 0 Å². The molecule has 0 spiro atoms. The quantitative estimate of drug-likeness (QED) is 0.724. The molecule has 28 heavy (non-hydrogen) atoms. The Balaban J connectivity index is 0.00000280. The van der Waals surface area contributed by atoms with Gasteiger partial charge in [0.2, 0.25) is 11.8 Å². The van der Waals surface area contributed by atoms with Crippen LogP contribution in [0.5, 0.6) is 5.75 Å². The standard InChI is InChI=1S/C21H31N3O3.ClH/c1-16(15-27-18-8-3-2-4-9-18)21(26)24-12-6-7-17(14-24)13-23-20(25)19-10-5-11-22-19;/h2-4,8-9,16-17,19,22H,5-7,10-15H2,1H3,(H,23,25);1H. The van der Waals surface area contributed by atoms with Crippen molar-refractivity contribution in [2.75, 3.05) is 32.8 Å². The summed E-state index contributed by atoms with van der Waals surface area (Å²) in [5, 5.41) is 6.29. The maximum Gasteiger partial charge on any atom is 0.237 e. The van der Waals surface area contributed by atoms with Crippen molar-refractivity contribution in [3.8, 4) is 5.75 Å². The number of hydrogen-bond acceptors (Lipinski definition) is 4. The van der Waals surface area contributed by atoms with Crippen LogP contribution in [0.2, 0.25) is 0 Å². The van der Waals surface area contributed by atoms with Crippen LogP contribution in [0.3, 0.4) is 0 Å². The molecule has 1 aromatic rings. The first-order valence-corrected chi connectivity index (χ1v) is 10.1. The number of piperidine rings is 1. The lowest BCUT2D eigenvalue weighted by atomic mass is 9.96. The van der Waals surface area contributed by atoms with Crippen LogP contribution in [0.4, 0.5) is 0 Å². The molecule has 3 unspecified atom stereocenters. The number of halogens is 1. The Kier molecular flexibility index (Phi) is 9.06. The fraction of sp³-hybridized carbons (Fsp3) is 0.619. The number of carbonyl (C=O) groups excluding carboxylic acids is 2. The van der Waals surface area contributed by atoms with E-state index in [1.807, 2.05) is 42.2 Å². The number of benzene rings is 1.